The van der Waals surface area contributed by atoms with E-state index in [0.717, 1.165) is 35.3 Å². The molecule has 1 aliphatic rings. The van der Waals surface area contributed by atoms with E-state index in [2.05, 4.69) is 6.92 Å². The molecule has 3 aromatic rings. The molecular weight excluding hydrogens is 427 g/mol. The molecule has 2 unspecified atom stereocenters. The molecule has 176 valence electrons. The molecule has 0 saturated carbocycles. The first-order chi connectivity index (χ1) is 16.4. The quantitative estimate of drug-likeness (QED) is 0.406. The first kappa shape index (κ1) is 23.7. The number of aryl methyl sites for hydroxylation is 1. The van der Waals surface area contributed by atoms with Gasteiger partial charge >= 0.3 is 0 Å². The van der Waals surface area contributed by atoms with Gasteiger partial charge < -0.3 is 9.80 Å². The van der Waals surface area contributed by atoms with Crippen molar-refractivity contribution < 1.29 is 14.0 Å². The second-order valence-corrected chi connectivity index (χ2v) is 8.89. The molecule has 34 heavy (non-hydrogen) atoms. The highest BCUT2D eigenvalue weighted by Gasteiger charge is 2.39. The highest BCUT2D eigenvalue weighted by atomic mass is 19.1. The number of hydrogen-bond acceptors (Lipinski definition) is 2. The molecule has 4 nitrogen and oxygen atoms in total. The largest absolute Gasteiger partial charge is 0.305 e. The van der Waals surface area contributed by atoms with Crippen LogP contribution in [0.2, 0.25) is 0 Å². The molecule has 4 rings (SSSR count). The Bertz CT molecular complexity index is 1160. The van der Waals surface area contributed by atoms with Gasteiger partial charge in [-0.2, -0.15) is 0 Å². The number of carbonyl (C=O) groups excluding carboxylic acids is 2. The number of halogens is 1. The Morgan fingerprint density at radius 3 is 2.29 bits per heavy atom. The van der Waals surface area contributed by atoms with Crippen LogP contribution < -0.4 is 9.80 Å². The van der Waals surface area contributed by atoms with Crippen LogP contribution in [0.5, 0.6) is 0 Å². The van der Waals surface area contributed by atoms with E-state index in [9.17, 15) is 14.0 Å². The molecule has 0 aromatic heterocycles. The minimum atomic E-state index is -0.368. The molecule has 0 saturated heterocycles. The van der Waals surface area contributed by atoms with E-state index >= 15 is 0 Å². The number of hydrogen-bond donors (Lipinski definition) is 0. The van der Waals surface area contributed by atoms with Crippen molar-refractivity contribution in [1.82, 2.24) is 0 Å². The van der Waals surface area contributed by atoms with Gasteiger partial charge in [0.15, 0.2) is 0 Å². The van der Waals surface area contributed by atoms with Gasteiger partial charge in [-0.3, -0.25) is 9.59 Å². The topological polar surface area (TPSA) is 40.6 Å². The molecule has 1 heterocycles. The molecule has 0 fully saturated rings. The predicted molar refractivity (Wildman–Crippen MR) is 135 cm³/mol. The van der Waals surface area contributed by atoms with Crippen LogP contribution in [-0.4, -0.2) is 17.9 Å². The van der Waals surface area contributed by atoms with Gasteiger partial charge in [0.25, 0.3) is 5.91 Å². The lowest BCUT2D eigenvalue weighted by Gasteiger charge is -2.45. The lowest BCUT2D eigenvalue weighted by atomic mass is 9.86. The maximum atomic E-state index is 13.7. The fourth-order valence-corrected chi connectivity index (χ4v) is 4.88. The Labute approximate surface area is 201 Å². The summed E-state index contributed by atoms with van der Waals surface area (Å²) in [5.74, 6) is -0.460. The summed E-state index contributed by atoms with van der Waals surface area (Å²) < 4.78 is 13.5. The molecule has 0 bridgehead atoms. The van der Waals surface area contributed by atoms with Crippen LogP contribution in [0.1, 0.15) is 67.1 Å². The van der Waals surface area contributed by atoms with Gasteiger partial charge in [0.1, 0.15) is 5.82 Å². The molecular formula is C29H31FN2O2. The van der Waals surface area contributed by atoms with E-state index in [1.807, 2.05) is 72.2 Å². The minimum Gasteiger partial charge on any atom is -0.305 e. The zero-order chi connectivity index (χ0) is 24.2. The van der Waals surface area contributed by atoms with E-state index in [1.54, 1.807) is 0 Å². The normalized spacial score (nSPS) is 17.2. The van der Waals surface area contributed by atoms with Gasteiger partial charge in [0.2, 0.25) is 5.91 Å². The van der Waals surface area contributed by atoms with Crippen molar-refractivity contribution in [2.45, 2.75) is 58.5 Å². The molecule has 0 aliphatic carbocycles. The number of nitrogens with zero attached hydrogens (tertiary/aromatic N) is 2. The average Bonchev–Trinajstić information content (AvgIpc) is 2.85. The molecule has 0 N–H and O–H groups in total. The first-order valence-corrected chi connectivity index (χ1v) is 12.0. The standard InChI is InChI=1S/C29H31FN2O2/c1-4-8-24-19-27(31(28(33)5-2)23-17-11-20(3)12-18-23)25-9-6-7-10-26(25)32(24)29(34)21-13-15-22(30)16-14-21/h6-7,9-18,24,27H,4-5,8,19H2,1-3H3. The number of amides is 2. The summed E-state index contributed by atoms with van der Waals surface area (Å²) >= 11 is 0. The molecule has 1 aliphatic heterocycles. The van der Waals surface area contributed by atoms with Gasteiger partial charge in [0.05, 0.1) is 6.04 Å². The number of rotatable bonds is 6. The van der Waals surface area contributed by atoms with Gasteiger partial charge in [-0.05, 0) is 67.8 Å². The third-order valence-electron chi connectivity index (χ3n) is 6.54. The van der Waals surface area contributed by atoms with E-state index in [1.165, 1.54) is 24.3 Å². The van der Waals surface area contributed by atoms with Crippen LogP contribution in [0.4, 0.5) is 15.8 Å². The lowest BCUT2D eigenvalue weighted by molar-refractivity contribution is -0.118. The van der Waals surface area contributed by atoms with Gasteiger partial charge in [-0.25, -0.2) is 4.39 Å². The van der Waals surface area contributed by atoms with Crippen LogP contribution in [0.15, 0.2) is 72.8 Å². The molecule has 0 spiro atoms. The zero-order valence-corrected chi connectivity index (χ0v) is 20.0. The van der Waals surface area contributed by atoms with Crippen molar-refractivity contribution in [3.8, 4) is 0 Å². The van der Waals surface area contributed by atoms with Crippen LogP contribution >= 0.6 is 0 Å². The SMILES string of the molecule is CCCC1CC(N(C(=O)CC)c2ccc(C)cc2)c2ccccc2N1C(=O)c1ccc(F)cc1. The third kappa shape index (κ3) is 4.60. The summed E-state index contributed by atoms with van der Waals surface area (Å²) in [7, 11) is 0. The maximum Gasteiger partial charge on any atom is 0.258 e. The fourth-order valence-electron chi connectivity index (χ4n) is 4.88. The lowest BCUT2D eigenvalue weighted by Crippen LogP contribution is -2.49. The number of benzene rings is 3. The summed E-state index contributed by atoms with van der Waals surface area (Å²) in [6.45, 7) is 6.01. The summed E-state index contributed by atoms with van der Waals surface area (Å²) in [4.78, 5) is 30.7. The zero-order valence-electron chi connectivity index (χ0n) is 20.0. The Balaban J connectivity index is 1.82. The Morgan fingerprint density at radius 2 is 1.65 bits per heavy atom. The second kappa shape index (κ2) is 10.2. The van der Waals surface area contributed by atoms with Crippen molar-refractivity contribution in [1.29, 1.82) is 0 Å². The Kier molecular flexibility index (Phi) is 7.11. The smallest absolute Gasteiger partial charge is 0.258 e. The Morgan fingerprint density at radius 1 is 0.971 bits per heavy atom. The molecule has 2 atom stereocenters. The van der Waals surface area contributed by atoms with Crippen molar-refractivity contribution in [2.24, 2.45) is 0 Å². The van der Waals surface area contributed by atoms with Crippen molar-refractivity contribution in [3.63, 3.8) is 0 Å². The van der Waals surface area contributed by atoms with E-state index in [0.29, 0.717) is 18.4 Å². The summed E-state index contributed by atoms with van der Waals surface area (Å²) in [6.07, 6.45) is 2.74. The number of carbonyl (C=O) groups is 2. The number of anilines is 2. The molecule has 0 radical (unpaired) electrons. The molecule has 5 heteroatoms. The molecule has 3 aromatic carbocycles. The summed E-state index contributed by atoms with van der Waals surface area (Å²) in [5.41, 5.74) is 4.22. The number of fused-ring (bicyclic) bond motifs is 1. The van der Waals surface area contributed by atoms with E-state index < -0.39 is 0 Å². The van der Waals surface area contributed by atoms with Crippen LogP contribution in [0.3, 0.4) is 0 Å². The third-order valence-corrected chi connectivity index (χ3v) is 6.54. The Hall–Kier alpha value is -3.47. The van der Waals surface area contributed by atoms with E-state index in [-0.39, 0.29) is 29.7 Å². The van der Waals surface area contributed by atoms with Crippen molar-refractivity contribution in [3.05, 3.63) is 95.3 Å². The van der Waals surface area contributed by atoms with Crippen molar-refractivity contribution >= 4 is 23.2 Å². The highest BCUT2D eigenvalue weighted by molar-refractivity contribution is 6.07. The fraction of sp³-hybridized carbons (Fsp3) is 0.310. The monoisotopic (exact) mass is 458 g/mol. The number of para-hydroxylation sites is 1. The van der Waals surface area contributed by atoms with Crippen LogP contribution in [-0.2, 0) is 4.79 Å². The highest BCUT2D eigenvalue weighted by Crippen LogP contribution is 2.44. The van der Waals surface area contributed by atoms with Gasteiger partial charge in [-0.15, -0.1) is 0 Å². The van der Waals surface area contributed by atoms with Crippen molar-refractivity contribution in [2.75, 3.05) is 9.80 Å². The maximum absolute atomic E-state index is 13.7. The first-order valence-electron chi connectivity index (χ1n) is 12.0. The van der Waals surface area contributed by atoms with Crippen LogP contribution in [0, 0.1) is 12.7 Å². The van der Waals surface area contributed by atoms with Gasteiger partial charge in [-0.1, -0.05) is 56.2 Å². The summed E-state index contributed by atoms with van der Waals surface area (Å²) in [6, 6.07) is 21.3. The summed E-state index contributed by atoms with van der Waals surface area (Å²) in [5, 5.41) is 0. The molecule has 2 amide bonds. The average molecular weight is 459 g/mol. The van der Waals surface area contributed by atoms with E-state index in [4.69, 9.17) is 0 Å². The second-order valence-electron chi connectivity index (χ2n) is 8.89. The predicted octanol–water partition coefficient (Wildman–Crippen LogP) is 6.84. The van der Waals surface area contributed by atoms with Crippen LogP contribution in [0.25, 0.3) is 0 Å². The van der Waals surface area contributed by atoms with Gasteiger partial charge in [0, 0.05) is 29.4 Å². The minimum absolute atomic E-state index is 0.0530.